The molecule has 0 atom stereocenters. The summed E-state index contributed by atoms with van der Waals surface area (Å²) in [5.41, 5.74) is 10.8. The summed E-state index contributed by atoms with van der Waals surface area (Å²) in [5, 5.41) is 8.56. The van der Waals surface area contributed by atoms with Crippen LogP contribution in [0, 0.1) is 18.2 Å². The van der Waals surface area contributed by atoms with Crippen LogP contribution < -0.4 is 5.73 Å². The number of aryl methyl sites for hydroxylation is 2. The van der Waals surface area contributed by atoms with E-state index in [1.54, 1.807) is 18.3 Å². The molecule has 3 N–H and O–H groups in total. The molecular weight excluding hydrogens is 343 g/mol. The quantitative estimate of drug-likeness (QED) is 0.696. The SMILES string of the molecule is Cc1cc(F)c2nc(-c3ccc(C(N)=O)nc3)c3c(c2c1C=N)CCCC3. The molecule has 0 fully saturated rings. The predicted molar refractivity (Wildman–Crippen MR) is 103 cm³/mol. The van der Waals surface area contributed by atoms with Crippen LogP contribution >= 0.6 is 0 Å². The molecule has 6 heteroatoms. The molecule has 0 saturated carbocycles. The topological polar surface area (TPSA) is 92.7 Å². The smallest absolute Gasteiger partial charge is 0.267 e. The number of aromatic nitrogens is 2. The van der Waals surface area contributed by atoms with E-state index in [9.17, 15) is 9.18 Å². The number of nitrogens with zero attached hydrogens (tertiary/aromatic N) is 2. The van der Waals surface area contributed by atoms with Crippen LogP contribution in [-0.2, 0) is 12.8 Å². The molecule has 0 spiro atoms. The summed E-state index contributed by atoms with van der Waals surface area (Å²) < 4.78 is 14.8. The Morgan fingerprint density at radius 1 is 1.26 bits per heavy atom. The fourth-order valence-corrected chi connectivity index (χ4v) is 3.92. The number of hydrogen-bond donors (Lipinski definition) is 2. The first kappa shape index (κ1) is 17.3. The number of carbonyl (C=O) groups is 1. The number of hydrogen-bond acceptors (Lipinski definition) is 4. The van der Waals surface area contributed by atoms with Crippen molar-refractivity contribution in [3.63, 3.8) is 0 Å². The third-order valence-corrected chi connectivity index (χ3v) is 5.21. The molecule has 1 aromatic carbocycles. The van der Waals surface area contributed by atoms with E-state index in [1.165, 1.54) is 12.3 Å². The molecule has 2 aromatic heterocycles. The number of benzene rings is 1. The van der Waals surface area contributed by atoms with Crippen LogP contribution in [0.2, 0.25) is 0 Å². The number of rotatable bonds is 3. The number of nitrogens with one attached hydrogen (secondary N) is 1. The van der Waals surface area contributed by atoms with Crippen molar-refractivity contribution in [1.29, 1.82) is 5.41 Å². The van der Waals surface area contributed by atoms with Crippen molar-refractivity contribution in [3.05, 3.63) is 58.2 Å². The number of fused-ring (bicyclic) bond motifs is 3. The molecule has 0 bridgehead atoms. The van der Waals surface area contributed by atoms with E-state index < -0.39 is 5.91 Å². The molecule has 27 heavy (non-hydrogen) atoms. The van der Waals surface area contributed by atoms with Gasteiger partial charge in [0.2, 0.25) is 0 Å². The third kappa shape index (κ3) is 2.77. The highest BCUT2D eigenvalue weighted by atomic mass is 19.1. The molecule has 2 heterocycles. The zero-order chi connectivity index (χ0) is 19.1. The Labute approximate surface area is 156 Å². The van der Waals surface area contributed by atoms with E-state index in [4.69, 9.17) is 11.1 Å². The number of pyridine rings is 2. The number of amides is 1. The second-order valence-corrected chi connectivity index (χ2v) is 6.88. The number of primary amides is 1. The minimum atomic E-state index is -0.591. The van der Waals surface area contributed by atoms with Crippen molar-refractivity contribution in [2.45, 2.75) is 32.6 Å². The predicted octanol–water partition coefficient (Wildman–Crippen LogP) is 3.72. The van der Waals surface area contributed by atoms with Crippen molar-refractivity contribution in [2.24, 2.45) is 5.73 Å². The van der Waals surface area contributed by atoms with Gasteiger partial charge >= 0.3 is 0 Å². The van der Waals surface area contributed by atoms with Crippen LogP contribution in [0.15, 0.2) is 24.4 Å². The van der Waals surface area contributed by atoms with Crippen molar-refractivity contribution in [1.82, 2.24) is 9.97 Å². The Kier molecular flexibility index (Phi) is 4.18. The maximum absolute atomic E-state index is 14.8. The highest BCUT2D eigenvalue weighted by Gasteiger charge is 2.23. The van der Waals surface area contributed by atoms with E-state index in [-0.39, 0.29) is 17.0 Å². The molecule has 1 aliphatic rings. The second kappa shape index (κ2) is 6.54. The molecule has 0 radical (unpaired) electrons. The van der Waals surface area contributed by atoms with E-state index >= 15 is 0 Å². The van der Waals surface area contributed by atoms with Gasteiger partial charge in [0.25, 0.3) is 5.91 Å². The number of halogens is 1. The average Bonchev–Trinajstić information content (AvgIpc) is 2.68. The molecule has 5 nitrogen and oxygen atoms in total. The summed E-state index contributed by atoms with van der Waals surface area (Å²) in [6.45, 7) is 1.82. The summed E-state index contributed by atoms with van der Waals surface area (Å²) in [5.74, 6) is -0.975. The first-order valence-electron chi connectivity index (χ1n) is 8.92. The van der Waals surface area contributed by atoms with E-state index in [2.05, 4.69) is 9.97 Å². The lowest BCUT2D eigenvalue weighted by Gasteiger charge is -2.23. The maximum atomic E-state index is 14.8. The Morgan fingerprint density at radius 2 is 2.00 bits per heavy atom. The molecule has 3 aromatic rings. The van der Waals surface area contributed by atoms with Gasteiger partial charge in [0.1, 0.15) is 17.0 Å². The molecule has 4 rings (SSSR count). The number of nitrogens with two attached hydrogens (primary N) is 1. The lowest BCUT2D eigenvalue weighted by Crippen LogP contribution is -2.13. The van der Waals surface area contributed by atoms with Crippen molar-refractivity contribution < 1.29 is 9.18 Å². The van der Waals surface area contributed by atoms with Gasteiger partial charge in [0.15, 0.2) is 0 Å². The van der Waals surface area contributed by atoms with E-state index in [0.29, 0.717) is 5.69 Å². The summed E-state index contributed by atoms with van der Waals surface area (Å²) in [4.78, 5) is 20.0. The van der Waals surface area contributed by atoms with Crippen LogP contribution in [0.5, 0.6) is 0 Å². The highest BCUT2D eigenvalue weighted by Crippen LogP contribution is 2.37. The Morgan fingerprint density at radius 3 is 2.63 bits per heavy atom. The Balaban J connectivity index is 2.05. The first-order valence-corrected chi connectivity index (χ1v) is 8.92. The van der Waals surface area contributed by atoms with Gasteiger partial charge in [-0.1, -0.05) is 0 Å². The van der Waals surface area contributed by atoms with Crippen molar-refractivity contribution in [2.75, 3.05) is 0 Å². The zero-order valence-corrected chi connectivity index (χ0v) is 15.0. The van der Waals surface area contributed by atoms with Gasteiger partial charge in [-0.05, 0) is 67.5 Å². The fraction of sp³-hybridized carbons (Fsp3) is 0.238. The maximum Gasteiger partial charge on any atom is 0.267 e. The summed E-state index contributed by atoms with van der Waals surface area (Å²) in [6, 6.07) is 4.75. The largest absolute Gasteiger partial charge is 0.364 e. The van der Waals surface area contributed by atoms with Gasteiger partial charge < -0.3 is 11.1 Å². The third-order valence-electron chi connectivity index (χ3n) is 5.21. The fourth-order valence-electron chi connectivity index (χ4n) is 3.92. The molecule has 1 amide bonds. The summed E-state index contributed by atoms with van der Waals surface area (Å²) >= 11 is 0. The lowest BCUT2D eigenvalue weighted by atomic mass is 9.84. The van der Waals surface area contributed by atoms with E-state index in [1.807, 2.05) is 6.92 Å². The molecule has 136 valence electrons. The second-order valence-electron chi connectivity index (χ2n) is 6.88. The zero-order valence-electron chi connectivity index (χ0n) is 15.0. The Bertz CT molecular complexity index is 1090. The van der Waals surface area contributed by atoms with Crippen LogP contribution in [0.25, 0.3) is 22.2 Å². The van der Waals surface area contributed by atoms with Crippen molar-refractivity contribution in [3.8, 4) is 11.3 Å². The highest BCUT2D eigenvalue weighted by molar-refractivity contribution is 6.02. The molecule has 0 unspecified atom stereocenters. The van der Waals surface area contributed by atoms with Crippen LogP contribution in [0.1, 0.15) is 45.6 Å². The molecule has 0 aliphatic heterocycles. The van der Waals surface area contributed by atoms with Crippen LogP contribution in [0.3, 0.4) is 0 Å². The Hall–Kier alpha value is -3.15. The van der Waals surface area contributed by atoms with Gasteiger partial charge in [-0.15, -0.1) is 0 Å². The average molecular weight is 362 g/mol. The van der Waals surface area contributed by atoms with E-state index in [0.717, 1.165) is 58.9 Å². The van der Waals surface area contributed by atoms with Crippen LogP contribution in [0.4, 0.5) is 4.39 Å². The summed E-state index contributed by atoms with van der Waals surface area (Å²) in [7, 11) is 0. The molecule has 1 aliphatic carbocycles. The van der Waals surface area contributed by atoms with Gasteiger partial charge in [-0.2, -0.15) is 0 Å². The molecule has 0 saturated heterocycles. The van der Waals surface area contributed by atoms with Crippen molar-refractivity contribution >= 4 is 23.0 Å². The van der Waals surface area contributed by atoms with Gasteiger partial charge in [-0.3, -0.25) is 9.78 Å². The van der Waals surface area contributed by atoms with Gasteiger partial charge in [0.05, 0.1) is 5.69 Å². The monoisotopic (exact) mass is 362 g/mol. The van der Waals surface area contributed by atoms with Gasteiger partial charge in [0, 0.05) is 28.9 Å². The standard InChI is InChI=1S/C21H19FN4O/c1-11-8-16(22)20-18(15(11)9-23)13-4-2-3-5-14(13)19(26-20)12-6-7-17(21(24)27)25-10-12/h6-10,23H,2-5H2,1H3,(H2,24,27). The minimum Gasteiger partial charge on any atom is -0.364 e. The first-order chi connectivity index (χ1) is 13.0. The normalized spacial score (nSPS) is 13.4. The lowest BCUT2D eigenvalue weighted by molar-refractivity contribution is 0.0995. The summed E-state index contributed by atoms with van der Waals surface area (Å²) in [6.07, 6.45) is 6.59. The van der Waals surface area contributed by atoms with Gasteiger partial charge in [-0.25, -0.2) is 9.37 Å². The number of carbonyl (C=O) groups excluding carboxylic acids is 1. The van der Waals surface area contributed by atoms with Crippen LogP contribution in [-0.4, -0.2) is 22.1 Å². The minimum absolute atomic E-state index is 0.182. The molecular formula is C21H19FN4O.